The van der Waals surface area contributed by atoms with Gasteiger partial charge < -0.3 is 9.64 Å². The summed E-state index contributed by atoms with van der Waals surface area (Å²) in [6.45, 7) is 3.16. The van der Waals surface area contributed by atoms with Crippen molar-refractivity contribution in [1.29, 1.82) is 0 Å². The minimum atomic E-state index is 0.265. The summed E-state index contributed by atoms with van der Waals surface area (Å²) >= 11 is 9.05. The van der Waals surface area contributed by atoms with Crippen LogP contribution >= 0.6 is 27.5 Å². The molecule has 1 saturated heterocycles. The summed E-state index contributed by atoms with van der Waals surface area (Å²) in [7, 11) is 0. The van der Waals surface area contributed by atoms with E-state index in [2.05, 4.69) is 30.8 Å². The number of aromatic nitrogens is 2. The smallest absolute Gasteiger partial charge is 0.225 e. The highest BCUT2D eigenvalue weighted by atomic mass is 79.9. The molecule has 1 aliphatic rings. The van der Waals surface area contributed by atoms with Gasteiger partial charge in [0.1, 0.15) is 10.4 Å². The molecule has 6 heteroatoms. The number of anilines is 1. The lowest BCUT2D eigenvalue weighted by Crippen LogP contribution is -2.36. The van der Waals surface area contributed by atoms with Crippen molar-refractivity contribution < 1.29 is 4.74 Å². The fraction of sp³-hybridized carbons (Fsp3) is 0.500. The lowest BCUT2D eigenvalue weighted by molar-refractivity contribution is 0.122. The second-order valence-corrected chi connectivity index (χ2v) is 4.07. The van der Waals surface area contributed by atoms with Gasteiger partial charge in [-0.1, -0.05) is 0 Å². The van der Waals surface area contributed by atoms with Gasteiger partial charge in [-0.2, -0.15) is 0 Å². The van der Waals surface area contributed by atoms with E-state index >= 15 is 0 Å². The molecule has 1 aliphatic heterocycles. The molecule has 0 N–H and O–H groups in total. The third-order valence-corrected chi connectivity index (χ3v) is 2.56. The first-order valence-electron chi connectivity index (χ1n) is 4.28. The van der Waals surface area contributed by atoms with E-state index in [-0.39, 0.29) is 5.28 Å². The second-order valence-electron chi connectivity index (χ2n) is 2.92. The molecular weight excluding hydrogens is 269 g/mol. The van der Waals surface area contributed by atoms with E-state index in [9.17, 15) is 0 Å². The maximum Gasteiger partial charge on any atom is 0.225 e. The van der Waals surface area contributed by atoms with Gasteiger partial charge in [-0.05, 0) is 27.5 Å². The Balaban J connectivity index is 2.21. The number of morpholine rings is 1. The van der Waals surface area contributed by atoms with E-state index in [1.807, 2.05) is 6.07 Å². The molecule has 2 heterocycles. The zero-order chi connectivity index (χ0) is 9.97. The minimum Gasteiger partial charge on any atom is -0.378 e. The van der Waals surface area contributed by atoms with Crippen LogP contribution in [0.1, 0.15) is 0 Å². The molecule has 0 atom stereocenters. The highest BCUT2D eigenvalue weighted by molar-refractivity contribution is 9.10. The van der Waals surface area contributed by atoms with Crippen molar-refractivity contribution in [3.05, 3.63) is 16.0 Å². The van der Waals surface area contributed by atoms with Crippen molar-refractivity contribution in [3.63, 3.8) is 0 Å². The molecule has 76 valence electrons. The van der Waals surface area contributed by atoms with Gasteiger partial charge in [-0.15, -0.1) is 0 Å². The van der Waals surface area contributed by atoms with Gasteiger partial charge in [0, 0.05) is 19.2 Å². The fourth-order valence-electron chi connectivity index (χ4n) is 1.33. The van der Waals surface area contributed by atoms with E-state index in [0.717, 1.165) is 32.1 Å². The molecule has 1 aromatic heterocycles. The second kappa shape index (κ2) is 4.42. The van der Waals surface area contributed by atoms with E-state index in [1.165, 1.54) is 0 Å². The Kier molecular flexibility index (Phi) is 3.20. The molecule has 0 amide bonds. The first-order chi connectivity index (χ1) is 6.75. The molecule has 0 aromatic carbocycles. The Morgan fingerprint density at radius 1 is 1.36 bits per heavy atom. The third kappa shape index (κ3) is 2.34. The Hall–Kier alpha value is -0.390. The van der Waals surface area contributed by atoms with E-state index in [1.54, 1.807) is 0 Å². The summed E-state index contributed by atoms with van der Waals surface area (Å²) in [5, 5.41) is 0.265. The lowest BCUT2D eigenvalue weighted by Gasteiger charge is -2.27. The minimum absolute atomic E-state index is 0.265. The monoisotopic (exact) mass is 277 g/mol. The average molecular weight is 279 g/mol. The topological polar surface area (TPSA) is 38.2 Å². The van der Waals surface area contributed by atoms with Crippen LogP contribution in [0.3, 0.4) is 0 Å². The van der Waals surface area contributed by atoms with Crippen LogP contribution in [0.4, 0.5) is 5.82 Å². The van der Waals surface area contributed by atoms with Crippen LogP contribution in [-0.2, 0) is 4.74 Å². The fourth-order valence-corrected chi connectivity index (χ4v) is 1.99. The van der Waals surface area contributed by atoms with Gasteiger partial charge in [0.2, 0.25) is 5.28 Å². The number of hydrogen-bond donors (Lipinski definition) is 0. The normalized spacial score (nSPS) is 17.1. The molecule has 0 spiro atoms. The number of nitrogens with zero attached hydrogens (tertiary/aromatic N) is 3. The zero-order valence-electron chi connectivity index (χ0n) is 7.41. The molecule has 2 rings (SSSR count). The van der Waals surface area contributed by atoms with Crippen molar-refractivity contribution in [1.82, 2.24) is 9.97 Å². The van der Waals surface area contributed by atoms with Crippen LogP contribution in [0.25, 0.3) is 0 Å². The standard InChI is InChI=1S/C8H9BrClN3O/c9-6-5-7(12-8(10)11-6)13-1-3-14-4-2-13/h5H,1-4H2. The number of hydrogen-bond acceptors (Lipinski definition) is 4. The average Bonchev–Trinajstić information content (AvgIpc) is 2.18. The molecule has 1 fully saturated rings. The Labute approximate surface area is 95.4 Å². The van der Waals surface area contributed by atoms with Gasteiger partial charge in [-0.25, -0.2) is 9.97 Å². The van der Waals surface area contributed by atoms with Crippen molar-refractivity contribution in [2.24, 2.45) is 0 Å². The number of rotatable bonds is 1. The predicted molar refractivity (Wildman–Crippen MR) is 57.8 cm³/mol. The highest BCUT2D eigenvalue weighted by Crippen LogP contribution is 2.19. The SMILES string of the molecule is Clc1nc(Br)cc(N2CCOCC2)n1. The maximum atomic E-state index is 5.76. The summed E-state index contributed by atoms with van der Waals surface area (Å²) in [6.07, 6.45) is 0. The van der Waals surface area contributed by atoms with Gasteiger partial charge in [0.25, 0.3) is 0 Å². The van der Waals surface area contributed by atoms with Crippen LogP contribution in [0.5, 0.6) is 0 Å². The largest absolute Gasteiger partial charge is 0.378 e. The molecule has 1 aromatic rings. The first-order valence-corrected chi connectivity index (χ1v) is 5.45. The van der Waals surface area contributed by atoms with Crippen LogP contribution in [0, 0.1) is 0 Å². The highest BCUT2D eigenvalue weighted by Gasteiger charge is 2.13. The predicted octanol–water partition coefficient (Wildman–Crippen LogP) is 1.73. The van der Waals surface area contributed by atoms with Gasteiger partial charge in [0.15, 0.2) is 0 Å². The van der Waals surface area contributed by atoms with Crippen molar-refractivity contribution in [3.8, 4) is 0 Å². The van der Waals surface area contributed by atoms with Gasteiger partial charge >= 0.3 is 0 Å². The molecule has 0 unspecified atom stereocenters. The maximum absolute atomic E-state index is 5.76. The van der Waals surface area contributed by atoms with Gasteiger partial charge in [0.05, 0.1) is 13.2 Å². The third-order valence-electron chi connectivity index (χ3n) is 1.99. The van der Waals surface area contributed by atoms with Crippen LogP contribution in [-0.4, -0.2) is 36.3 Å². The quantitative estimate of drug-likeness (QED) is 0.579. The first kappa shape index (κ1) is 10.1. The molecule has 0 aliphatic carbocycles. The summed E-state index contributed by atoms with van der Waals surface area (Å²) in [6, 6.07) is 1.86. The van der Waals surface area contributed by atoms with E-state index < -0.39 is 0 Å². The zero-order valence-corrected chi connectivity index (χ0v) is 9.75. The molecule has 0 bridgehead atoms. The van der Waals surface area contributed by atoms with Crippen molar-refractivity contribution >= 4 is 33.3 Å². The number of halogens is 2. The Morgan fingerprint density at radius 2 is 2.07 bits per heavy atom. The lowest BCUT2D eigenvalue weighted by atomic mass is 10.4. The van der Waals surface area contributed by atoms with Crippen molar-refractivity contribution in [2.75, 3.05) is 31.2 Å². The molecule has 0 radical (unpaired) electrons. The molecular formula is C8H9BrClN3O. The van der Waals surface area contributed by atoms with Crippen LogP contribution in [0.15, 0.2) is 10.7 Å². The Morgan fingerprint density at radius 3 is 2.71 bits per heavy atom. The van der Waals surface area contributed by atoms with E-state index in [0.29, 0.717) is 4.60 Å². The summed E-state index contributed by atoms with van der Waals surface area (Å²) in [5.74, 6) is 0.847. The van der Waals surface area contributed by atoms with Crippen LogP contribution < -0.4 is 4.90 Å². The van der Waals surface area contributed by atoms with Crippen molar-refractivity contribution in [2.45, 2.75) is 0 Å². The number of ether oxygens (including phenoxy) is 1. The Bertz CT molecular complexity index is 310. The molecule has 14 heavy (non-hydrogen) atoms. The van der Waals surface area contributed by atoms with Gasteiger partial charge in [-0.3, -0.25) is 0 Å². The van der Waals surface area contributed by atoms with E-state index in [4.69, 9.17) is 16.3 Å². The molecule has 0 saturated carbocycles. The summed E-state index contributed by atoms with van der Waals surface area (Å²) < 4.78 is 5.96. The molecule has 4 nitrogen and oxygen atoms in total. The summed E-state index contributed by atoms with van der Waals surface area (Å²) in [5.41, 5.74) is 0. The summed E-state index contributed by atoms with van der Waals surface area (Å²) in [4.78, 5) is 10.2. The van der Waals surface area contributed by atoms with Crippen LogP contribution in [0.2, 0.25) is 5.28 Å².